The summed E-state index contributed by atoms with van der Waals surface area (Å²) in [6.07, 6.45) is 11.2. The van der Waals surface area contributed by atoms with Crippen LogP contribution in [0.25, 0.3) is 5.69 Å². The highest BCUT2D eigenvalue weighted by Gasteiger charge is 2.53. The van der Waals surface area contributed by atoms with Crippen molar-refractivity contribution in [2.24, 2.45) is 17.8 Å². The second kappa shape index (κ2) is 6.60. The molecule has 0 aliphatic heterocycles. The fraction of sp³-hybridized carbons (Fsp3) is 0.550. The van der Waals surface area contributed by atoms with Crippen molar-refractivity contribution in [1.29, 1.82) is 0 Å². The predicted molar refractivity (Wildman–Crippen MR) is 103 cm³/mol. The van der Waals surface area contributed by atoms with Crippen LogP contribution in [0.4, 0.5) is 5.69 Å². The van der Waals surface area contributed by atoms with E-state index < -0.39 is 0 Å². The molecular weight excluding hydrogens is 362 g/mol. The molecule has 6 nitrogen and oxygen atoms in total. The van der Waals surface area contributed by atoms with Crippen LogP contribution in [0.5, 0.6) is 0 Å². The molecule has 0 saturated heterocycles. The van der Waals surface area contributed by atoms with E-state index in [1.54, 1.807) is 23.1 Å². The molecule has 1 heterocycles. The van der Waals surface area contributed by atoms with Gasteiger partial charge in [0, 0.05) is 24.3 Å². The van der Waals surface area contributed by atoms with Crippen LogP contribution in [0, 0.1) is 17.8 Å². The van der Waals surface area contributed by atoms with Crippen LogP contribution in [0.2, 0.25) is 5.02 Å². The van der Waals surface area contributed by atoms with Gasteiger partial charge in [-0.25, -0.2) is 9.67 Å². The minimum atomic E-state index is 0.00868. The monoisotopic (exact) mass is 386 g/mol. The van der Waals surface area contributed by atoms with Crippen LogP contribution in [0.3, 0.4) is 0 Å². The van der Waals surface area contributed by atoms with Gasteiger partial charge in [-0.15, -0.1) is 0 Å². The van der Waals surface area contributed by atoms with Gasteiger partial charge < -0.3 is 10.6 Å². The molecule has 4 aliphatic rings. The maximum Gasteiger partial charge on any atom is 0.279 e. The van der Waals surface area contributed by atoms with Crippen molar-refractivity contribution < 1.29 is 10.1 Å². The van der Waals surface area contributed by atoms with Gasteiger partial charge in [0.25, 0.3) is 5.91 Å². The zero-order valence-corrected chi connectivity index (χ0v) is 16.0. The number of benzene rings is 1. The molecular formula is C20H25ClN5O+. The molecule has 142 valence electrons. The number of halogens is 1. The van der Waals surface area contributed by atoms with Crippen LogP contribution in [-0.4, -0.2) is 32.8 Å². The third kappa shape index (κ3) is 3.36. The van der Waals surface area contributed by atoms with Crippen molar-refractivity contribution in [2.45, 2.75) is 44.1 Å². The number of amides is 1. The molecule has 3 N–H and O–H groups in total. The van der Waals surface area contributed by atoms with Crippen molar-refractivity contribution in [3.05, 3.63) is 35.9 Å². The van der Waals surface area contributed by atoms with E-state index in [2.05, 4.69) is 20.7 Å². The zero-order chi connectivity index (χ0) is 18.4. The highest BCUT2D eigenvalue weighted by atomic mass is 35.5. The van der Waals surface area contributed by atoms with Crippen LogP contribution >= 0.6 is 11.6 Å². The quantitative estimate of drug-likeness (QED) is 0.828. The van der Waals surface area contributed by atoms with Gasteiger partial charge in [0.1, 0.15) is 12.7 Å². The summed E-state index contributed by atoms with van der Waals surface area (Å²) in [5.41, 5.74) is 1.73. The van der Waals surface area contributed by atoms with E-state index in [-0.39, 0.29) is 5.91 Å². The van der Waals surface area contributed by atoms with Crippen molar-refractivity contribution in [1.82, 2.24) is 14.8 Å². The fourth-order valence-electron chi connectivity index (χ4n) is 6.08. The number of aromatic nitrogens is 3. The van der Waals surface area contributed by atoms with Crippen molar-refractivity contribution in [2.75, 3.05) is 11.9 Å². The molecule has 4 bridgehead atoms. The summed E-state index contributed by atoms with van der Waals surface area (Å²) in [5, 5.41) is 10.1. The Balaban J connectivity index is 1.27. The smallest absolute Gasteiger partial charge is 0.279 e. The molecule has 7 heteroatoms. The molecule has 4 fully saturated rings. The molecule has 0 spiro atoms. The summed E-state index contributed by atoms with van der Waals surface area (Å²) < 4.78 is 1.63. The molecule has 1 amide bonds. The Morgan fingerprint density at radius 3 is 2.56 bits per heavy atom. The number of nitrogens with zero attached hydrogens (tertiary/aromatic N) is 3. The lowest BCUT2D eigenvalue weighted by atomic mass is 9.53. The van der Waals surface area contributed by atoms with E-state index >= 15 is 0 Å². The molecule has 6 rings (SSSR count). The Kier molecular flexibility index (Phi) is 4.20. The van der Waals surface area contributed by atoms with E-state index in [0.29, 0.717) is 22.8 Å². The lowest BCUT2D eigenvalue weighted by molar-refractivity contribution is -0.729. The highest BCUT2D eigenvalue weighted by molar-refractivity contribution is 6.31. The van der Waals surface area contributed by atoms with E-state index in [0.717, 1.165) is 23.4 Å². The zero-order valence-electron chi connectivity index (χ0n) is 15.3. The molecule has 4 saturated carbocycles. The molecule has 1 aromatic heterocycles. The Morgan fingerprint density at radius 2 is 1.93 bits per heavy atom. The Morgan fingerprint density at radius 1 is 1.22 bits per heavy atom. The van der Waals surface area contributed by atoms with Crippen molar-refractivity contribution in [3.8, 4) is 5.69 Å². The summed E-state index contributed by atoms with van der Waals surface area (Å²) in [6.45, 7) is 0.454. The summed E-state index contributed by atoms with van der Waals surface area (Å²) in [6, 6.07) is 5.40. The maximum absolute atomic E-state index is 12.7. The first-order valence-corrected chi connectivity index (χ1v) is 10.3. The van der Waals surface area contributed by atoms with Gasteiger partial charge in [0.2, 0.25) is 0 Å². The number of quaternary nitrogens is 1. The molecule has 0 unspecified atom stereocenters. The normalized spacial score (nSPS) is 31.2. The van der Waals surface area contributed by atoms with E-state index in [1.165, 1.54) is 44.9 Å². The van der Waals surface area contributed by atoms with Gasteiger partial charge in [0.05, 0.1) is 16.9 Å². The fourth-order valence-corrected chi connectivity index (χ4v) is 6.25. The first kappa shape index (κ1) is 17.2. The third-order valence-electron chi connectivity index (χ3n) is 6.70. The summed E-state index contributed by atoms with van der Waals surface area (Å²) in [7, 11) is 0. The SMILES string of the molecule is O=C(C[NH2+]C12CC3CC(CC(C3)C1)C2)Nc1cc(Cl)ccc1-n1cncn1. The number of hydrogen-bond acceptors (Lipinski definition) is 3. The minimum Gasteiger partial charge on any atom is -0.334 e. The van der Waals surface area contributed by atoms with Crippen molar-refractivity contribution >= 4 is 23.2 Å². The van der Waals surface area contributed by atoms with Gasteiger partial charge in [-0.3, -0.25) is 4.79 Å². The number of rotatable bonds is 5. The molecule has 27 heavy (non-hydrogen) atoms. The summed E-state index contributed by atoms with van der Waals surface area (Å²) >= 11 is 6.15. The third-order valence-corrected chi connectivity index (χ3v) is 6.94. The number of nitrogens with two attached hydrogens (primary N) is 1. The first-order valence-electron chi connectivity index (χ1n) is 9.87. The Labute approximate surface area is 163 Å². The van der Waals surface area contributed by atoms with Crippen LogP contribution < -0.4 is 10.6 Å². The van der Waals surface area contributed by atoms with Gasteiger partial charge >= 0.3 is 0 Å². The molecule has 0 radical (unpaired) electrons. The number of hydrogen-bond donors (Lipinski definition) is 2. The van der Waals surface area contributed by atoms with Gasteiger partial charge in [-0.1, -0.05) is 11.6 Å². The standard InChI is InChI=1S/C20H24ClN5O/c21-16-1-2-18(26-12-22-11-24-26)17(6-16)25-19(27)10-23-20-7-13-3-14(8-20)5-15(4-13)9-20/h1-2,6,11-15,23H,3-5,7-10H2,(H,25,27)/p+1. The van der Waals surface area contributed by atoms with E-state index in [4.69, 9.17) is 11.6 Å². The lowest BCUT2D eigenvalue weighted by Crippen LogP contribution is -3.00. The molecule has 0 atom stereocenters. The number of carbonyl (C=O) groups is 1. The van der Waals surface area contributed by atoms with E-state index in [1.807, 2.05) is 6.07 Å². The van der Waals surface area contributed by atoms with Crippen LogP contribution in [0.1, 0.15) is 38.5 Å². The Hall–Kier alpha value is -1.92. The highest BCUT2D eigenvalue weighted by Crippen LogP contribution is 2.54. The second-order valence-electron chi connectivity index (χ2n) is 8.74. The first-order chi connectivity index (χ1) is 13.1. The number of carbonyl (C=O) groups excluding carboxylic acids is 1. The average molecular weight is 387 g/mol. The van der Waals surface area contributed by atoms with Crippen LogP contribution in [-0.2, 0) is 4.79 Å². The van der Waals surface area contributed by atoms with Crippen LogP contribution in [0.15, 0.2) is 30.9 Å². The largest absolute Gasteiger partial charge is 0.334 e. The van der Waals surface area contributed by atoms with Gasteiger partial charge in [0.15, 0.2) is 6.54 Å². The predicted octanol–water partition coefficient (Wildman–Crippen LogP) is 2.39. The Bertz CT molecular complexity index is 815. The minimum absolute atomic E-state index is 0.00868. The lowest BCUT2D eigenvalue weighted by Gasteiger charge is -2.54. The summed E-state index contributed by atoms with van der Waals surface area (Å²) in [4.78, 5) is 16.7. The number of nitrogens with one attached hydrogen (secondary N) is 1. The van der Waals surface area contributed by atoms with Gasteiger partial charge in [-0.2, -0.15) is 5.10 Å². The molecule has 2 aromatic rings. The maximum atomic E-state index is 12.7. The average Bonchev–Trinajstić information content (AvgIpc) is 3.13. The second-order valence-corrected chi connectivity index (χ2v) is 9.17. The number of anilines is 1. The van der Waals surface area contributed by atoms with Gasteiger partial charge in [-0.05, 0) is 55.2 Å². The van der Waals surface area contributed by atoms with E-state index in [9.17, 15) is 4.79 Å². The van der Waals surface area contributed by atoms with Crippen molar-refractivity contribution in [3.63, 3.8) is 0 Å². The topological polar surface area (TPSA) is 76.4 Å². The summed E-state index contributed by atoms with van der Waals surface area (Å²) in [5.74, 6) is 2.68. The molecule has 4 aliphatic carbocycles. The molecule has 1 aromatic carbocycles.